The molecule has 0 bridgehead atoms. The number of phenolic OH excluding ortho intramolecular Hbond substituents is 1. The predicted molar refractivity (Wildman–Crippen MR) is 72.9 cm³/mol. The van der Waals surface area contributed by atoms with Crippen molar-refractivity contribution >= 4 is 15.9 Å². The van der Waals surface area contributed by atoms with Gasteiger partial charge in [-0.1, -0.05) is 40.7 Å². The fourth-order valence-corrected chi connectivity index (χ4v) is 2.73. The van der Waals surface area contributed by atoms with E-state index in [0.717, 1.165) is 10.9 Å². The lowest BCUT2D eigenvalue weighted by Gasteiger charge is -2.33. The van der Waals surface area contributed by atoms with Crippen molar-refractivity contribution in [2.75, 3.05) is 0 Å². The van der Waals surface area contributed by atoms with Gasteiger partial charge in [-0.15, -0.1) is 0 Å². The number of rotatable bonds is 2. The highest BCUT2D eigenvalue weighted by molar-refractivity contribution is 9.10. The highest BCUT2D eigenvalue weighted by Crippen LogP contribution is 2.38. The molecule has 0 amide bonds. The Morgan fingerprint density at radius 3 is 2.12 bits per heavy atom. The van der Waals surface area contributed by atoms with E-state index in [1.807, 2.05) is 12.1 Å². The molecule has 1 N–H and O–H groups in total. The summed E-state index contributed by atoms with van der Waals surface area (Å²) in [5, 5.41) is 9.50. The van der Waals surface area contributed by atoms with Crippen LogP contribution in [0.15, 0.2) is 22.7 Å². The zero-order valence-electron chi connectivity index (χ0n) is 10.8. The summed E-state index contributed by atoms with van der Waals surface area (Å²) in [5.74, 6) is 0.301. The molecule has 0 radical (unpaired) electrons. The first-order chi connectivity index (χ1) is 7.12. The van der Waals surface area contributed by atoms with Gasteiger partial charge in [0.05, 0.1) is 4.47 Å². The van der Waals surface area contributed by atoms with Crippen LogP contribution in [0.2, 0.25) is 0 Å². The first kappa shape index (κ1) is 13.6. The Hall–Kier alpha value is -0.500. The van der Waals surface area contributed by atoms with E-state index in [1.54, 1.807) is 6.07 Å². The minimum absolute atomic E-state index is 0.120. The third-order valence-corrected chi connectivity index (χ3v) is 3.34. The van der Waals surface area contributed by atoms with E-state index in [1.165, 1.54) is 5.56 Å². The molecule has 2 heteroatoms. The lowest BCUT2D eigenvalue weighted by Crippen LogP contribution is -2.24. The van der Waals surface area contributed by atoms with Crippen molar-refractivity contribution in [2.24, 2.45) is 5.41 Å². The van der Waals surface area contributed by atoms with E-state index in [0.29, 0.717) is 11.2 Å². The summed E-state index contributed by atoms with van der Waals surface area (Å²) in [7, 11) is 0. The summed E-state index contributed by atoms with van der Waals surface area (Å²) in [6, 6.07) is 5.77. The fourth-order valence-electron chi connectivity index (χ4n) is 2.36. The second kappa shape index (κ2) is 4.40. The van der Waals surface area contributed by atoms with Crippen LogP contribution in [-0.4, -0.2) is 5.11 Å². The van der Waals surface area contributed by atoms with Gasteiger partial charge in [0.2, 0.25) is 0 Å². The molecule has 1 aromatic carbocycles. The summed E-state index contributed by atoms with van der Waals surface area (Å²) in [5.41, 5.74) is 1.68. The van der Waals surface area contributed by atoms with Gasteiger partial charge < -0.3 is 5.11 Å². The molecule has 0 aromatic heterocycles. The van der Waals surface area contributed by atoms with Crippen molar-refractivity contribution in [1.29, 1.82) is 0 Å². The second-order valence-corrected chi connectivity index (χ2v) is 7.14. The van der Waals surface area contributed by atoms with Crippen molar-refractivity contribution < 1.29 is 5.11 Å². The minimum Gasteiger partial charge on any atom is -0.507 e. The smallest absolute Gasteiger partial charge is 0.129 e. The molecule has 1 aromatic rings. The van der Waals surface area contributed by atoms with E-state index in [4.69, 9.17) is 0 Å². The van der Waals surface area contributed by atoms with E-state index in [9.17, 15) is 5.11 Å². The molecule has 0 spiro atoms. The molecule has 0 heterocycles. The molecule has 0 unspecified atom stereocenters. The van der Waals surface area contributed by atoms with Gasteiger partial charge in [0.15, 0.2) is 0 Å². The molecular weight excluding hydrogens is 264 g/mol. The maximum absolute atomic E-state index is 9.50. The minimum atomic E-state index is 0.120. The van der Waals surface area contributed by atoms with Crippen molar-refractivity contribution in [3.8, 4) is 5.75 Å². The molecule has 0 aliphatic rings. The standard InChI is InChI=1S/C14H21BrO/c1-13(2,3)9-14(4,5)10-6-7-12(16)11(15)8-10/h6-8,16H,9H2,1-5H3. The Morgan fingerprint density at radius 2 is 1.69 bits per heavy atom. The molecule has 0 aliphatic carbocycles. The SMILES string of the molecule is CC(C)(C)CC(C)(C)c1ccc(O)c(Br)c1. The van der Waals surface area contributed by atoms with Gasteiger partial charge in [0.25, 0.3) is 0 Å². The Bertz CT molecular complexity index is 375. The predicted octanol–water partition coefficient (Wildman–Crippen LogP) is 4.87. The average molecular weight is 285 g/mol. The van der Waals surface area contributed by atoms with Gasteiger partial charge in [-0.2, -0.15) is 0 Å². The molecule has 0 aliphatic heterocycles. The van der Waals surface area contributed by atoms with Gasteiger partial charge in [-0.3, -0.25) is 0 Å². The Balaban J connectivity index is 3.02. The molecule has 1 nitrogen and oxygen atoms in total. The van der Waals surface area contributed by atoms with Crippen LogP contribution in [0.5, 0.6) is 5.75 Å². The zero-order valence-corrected chi connectivity index (χ0v) is 12.4. The van der Waals surface area contributed by atoms with Crippen molar-refractivity contribution in [3.05, 3.63) is 28.2 Å². The number of hydrogen-bond donors (Lipinski definition) is 1. The van der Waals surface area contributed by atoms with Gasteiger partial charge in [-0.25, -0.2) is 0 Å². The summed E-state index contributed by atoms with van der Waals surface area (Å²) < 4.78 is 0.770. The van der Waals surface area contributed by atoms with Crippen molar-refractivity contribution in [3.63, 3.8) is 0 Å². The largest absolute Gasteiger partial charge is 0.507 e. The quantitative estimate of drug-likeness (QED) is 0.822. The highest BCUT2D eigenvalue weighted by atomic mass is 79.9. The summed E-state index contributed by atoms with van der Waals surface area (Å²) in [6.07, 6.45) is 1.11. The van der Waals surface area contributed by atoms with Crippen LogP contribution in [0.1, 0.15) is 46.6 Å². The third-order valence-electron chi connectivity index (χ3n) is 2.70. The van der Waals surface area contributed by atoms with Gasteiger partial charge in [0.1, 0.15) is 5.75 Å². The van der Waals surface area contributed by atoms with Crippen LogP contribution in [0.4, 0.5) is 0 Å². The third kappa shape index (κ3) is 3.51. The van der Waals surface area contributed by atoms with Crippen LogP contribution in [0, 0.1) is 5.41 Å². The summed E-state index contributed by atoms with van der Waals surface area (Å²) in [6.45, 7) is 11.3. The molecule has 0 saturated heterocycles. The van der Waals surface area contributed by atoms with Crippen LogP contribution < -0.4 is 0 Å². The van der Waals surface area contributed by atoms with Crippen LogP contribution in [0.25, 0.3) is 0 Å². The summed E-state index contributed by atoms with van der Waals surface area (Å²) >= 11 is 3.37. The highest BCUT2D eigenvalue weighted by Gasteiger charge is 2.27. The van der Waals surface area contributed by atoms with Crippen molar-refractivity contribution in [2.45, 2.75) is 46.5 Å². The van der Waals surface area contributed by atoms with Gasteiger partial charge in [-0.05, 0) is 50.9 Å². The maximum Gasteiger partial charge on any atom is 0.129 e. The number of phenols is 1. The topological polar surface area (TPSA) is 20.2 Å². The molecule has 0 saturated carbocycles. The molecule has 0 atom stereocenters. The maximum atomic E-state index is 9.50. The Labute approximate surface area is 107 Å². The molecule has 1 rings (SSSR count). The van der Waals surface area contributed by atoms with E-state index in [-0.39, 0.29) is 5.41 Å². The molecule has 0 fully saturated rings. The van der Waals surface area contributed by atoms with E-state index < -0.39 is 0 Å². The van der Waals surface area contributed by atoms with E-state index >= 15 is 0 Å². The molecular formula is C14H21BrO. The monoisotopic (exact) mass is 284 g/mol. The number of aromatic hydroxyl groups is 1. The average Bonchev–Trinajstić information content (AvgIpc) is 2.05. The normalized spacial score (nSPS) is 12.9. The lowest BCUT2D eigenvalue weighted by atomic mass is 9.72. The Morgan fingerprint density at radius 1 is 1.12 bits per heavy atom. The second-order valence-electron chi connectivity index (χ2n) is 6.29. The zero-order chi connectivity index (χ0) is 12.6. The van der Waals surface area contributed by atoms with Crippen molar-refractivity contribution in [1.82, 2.24) is 0 Å². The fraction of sp³-hybridized carbons (Fsp3) is 0.571. The Kier molecular flexibility index (Phi) is 3.73. The lowest BCUT2D eigenvalue weighted by molar-refractivity contribution is 0.284. The van der Waals surface area contributed by atoms with Gasteiger partial charge in [0, 0.05) is 0 Å². The molecule has 16 heavy (non-hydrogen) atoms. The number of benzene rings is 1. The number of halogens is 1. The van der Waals surface area contributed by atoms with Crippen LogP contribution >= 0.6 is 15.9 Å². The van der Waals surface area contributed by atoms with E-state index in [2.05, 4.69) is 50.5 Å². The van der Waals surface area contributed by atoms with Crippen LogP contribution in [0.3, 0.4) is 0 Å². The molecule has 90 valence electrons. The number of hydrogen-bond acceptors (Lipinski definition) is 1. The van der Waals surface area contributed by atoms with Gasteiger partial charge >= 0.3 is 0 Å². The first-order valence-electron chi connectivity index (χ1n) is 5.61. The van der Waals surface area contributed by atoms with Crippen LogP contribution in [-0.2, 0) is 5.41 Å². The first-order valence-corrected chi connectivity index (χ1v) is 6.40. The summed E-state index contributed by atoms with van der Waals surface area (Å²) in [4.78, 5) is 0.